The molecule has 1 heterocycles. The van der Waals surface area contributed by atoms with E-state index in [1.807, 2.05) is 12.1 Å². The number of amides is 1. The van der Waals surface area contributed by atoms with Crippen molar-refractivity contribution in [3.8, 4) is 0 Å². The second-order valence-corrected chi connectivity index (χ2v) is 5.15. The minimum absolute atomic E-state index is 0.184. The van der Waals surface area contributed by atoms with Crippen LogP contribution in [0.3, 0.4) is 0 Å². The summed E-state index contributed by atoms with van der Waals surface area (Å²) in [5.74, 6) is -0.288. The number of nitrogens with zero attached hydrogens (tertiary/aromatic N) is 1. The van der Waals surface area contributed by atoms with E-state index >= 15 is 0 Å². The Morgan fingerprint density at radius 2 is 1.67 bits per heavy atom. The van der Waals surface area contributed by atoms with E-state index in [0.717, 1.165) is 4.47 Å². The van der Waals surface area contributed by atoms with Gasteiger partial charge in [0.25, 0.3) is 5.91 Å². The van der Waals surface area contributed by atoms with Gasteiger partial charge in [-0.05, 0) is 36.4 Å². The van der Waals surface area contributed by atoms with Crippen molar-refractivity contribution in [3.63, 3.8) is 0 Å². The SMILES string of the molecule is O=C(Nc1ccc(Br)cc1)c1cc(Cl)nc(Cl)c1. The van der Waals surface area contributed by atoms with E-state index in [9.17, 15) is 4.79 Å². The fraction of sp³-hybridized carbons (Fsp3) is 0. The number of nitrogens with one attached hydrogen (secondary N) is 1. The van der Waals surface area contributed by atoms with Gasteiger partial charge in [-0.3, -0.25) is 4.79 Å². The third-order valence-corrected chi connectivity index (χ3v) is 3.04. The van der Waals surface area contributed by atoms with Gasteiger partial charge in [0.15, 0.2) is 0 Å². The van der Waals surface area contributed by atoms with Gasteiger partial charge in [-0.15, -0.1) is 0 Å². The summed E-state index contributed by atoms with van der Waals surface area (Å²) in [5.41, 5.74) is 1.05. The summed E-state index contributed by atoms with van der Waals surface area (Å²) in [4.78, 5) is 15.7. The predicted octanol–water partition coefficient (Wildman–Crippen LogP) is 4.40. The number of hydrogen-bond donors (Lipinski definition) is 1. The zero-order valence-corrected chi connectivity index (χ0v) is 12.1. The molecule has 1 aromatic heterocycles. The van der Waals surface area contributed by atoms with Crippen molar-refractivity contribution in [2.24, 2.45) is 0 Å². The zero-order valence-electron chi connectivity index (χ0n) is 8.95. The van der Waals surface area contributed by atoms with E-state index in [0.29, 0.717) is 11.3 Å². The van der Waals surface area contributed by atoms with E-state index in [4.69, 9.17) is 23.2 Å². The Labute approximate surface area is 122 Å². The van der Waals surface area contributed by atoms with Crippen molar-refractivity contribution in [1.82, 2.24) is 4.98 Å². The van der Waals surface area contributed by atoms with Crippen LogP contribution in [0.5, 0.6) is 0 Å². The number of aromatic nitrogens is 1. The second kappa shape index (κ2) is 5.69. The van der Waals surface area contributed by atoms with Crippen molar-refractivity contribution in [2.75, 3.05) is 5.32 Å². The monoisotopic (exact) mass is 344 g/mol. The summed E-state index contributed by atoms with van der Waals surface area (Å²) in [6, 6.07) is 10.2. The van der Waals surface area contributed by atoms with E-state index in [1.165, 1.54) is 12.1 Å². The molecule has 2 aromatic rings. The van der Waals surface area contributed by atoms with Crippen LogP contribution in [0.25, 0.3) is 0 Å². The third-order valence-electron chi connectivity index (χ3n) is 2.13. The average molecular weight is 346 g/mol. The van der Waals surface area contributed by atoms with Crippen LogP contribution in [0.1, 0.15) is 10.4 Å². The first-order chi connectivity index (χ1) is 8.54. The Balaban J connectivity index is 2.19. The fourth-order valence-electron chi connectivity index (χ4n) is 1.33. The molecule has 0 aliphatic heterocycles. The average Bonchev–Trinajstić information content (AvgIpc) is 2.31. The summed E-state index contributed by atoms with van der Waals surface area (Å²) in [6.07, 6.45) is 0. The van der Waals surface area contributed by atoms with E-state index in [-0.39, 0.29) is 16.2 Å². The van der Waals surface area contributed by atoms with E-state index in [1.54, 1.807) is 12.1 Å². The highest BCUT2D eigenvalue weighted by molar-refractivity contribution is 9.10. The number of carbonyl (C=O) groups is 1. The highest BCUT2D eigenvalue weighted by Gasteiger charge is 2.08. The van der Waals surface area contributed by atoms with Crippen molar-refractivity contribution in [2.45, 2.75) is 0 Å². The smallest absolute Gasteiger partial charge is 0.255 e. The lowest BCUT2D eigenvalue weighted by Gasteiger charge is -2.05. The molecule has 6 heteroatoms. The Hall–Kier alpha value is -1.10. The second-order valence-electron chi connectivity index (χ2n) is 3.46. The molecule has 0 fully saturated rings. The maximum absolute atomic E-state index is 11.9. The molecule has 0 bridgehead atoms. The standard InChI is InChI=1S/C12H7BrCl2N2O/c13-8-1-3-9(4-2-8)16-12(18)7-5-10(14)17-11(15)6-7/h1-6H,(H,16,18). The minimum Gasteiger partial charge on any atom is -0.322 e. The summed E-state index contributed by atoms with van der Waals surface area (Å²) in [7, 11) is 0. The van der Waals surface area contributed by atoms with Crippen molar-refractivity contribution < 1.29 is 4.79 Å². The highest BCUT2D eigenvalue weighted by Crippen LogP contribution is 2.18. The normalized spacial score (nSPS) is 10.2. The number of halogens is 3. The van der Waals surface area contributed by atoms with Crippen LogP contribution >= 0.6 is 39.1 Å². The molecule has 2 rings (SSSR count). The van der Waals surface area contributed by atoms with Gasteiger partial charge in [0.05, 0.1) is 0 Å². The number of hydrogen-bond acceptors (Lipinski definition) is 2. The van der Waals surface area contributed by atoms with Gasteiger partial charge < -0.3 is 5.32 Å². The van der Waals surface area contributed by atoms with Crippen molar-refractivity contribution in [3.05, 3.63) is 56.7 Å². The van der Waals surface area contributed by atoms with E-state index in [2.05, 4.69) is 26.2 Å². The van der Waals surface area contributed by atoms with Crippen LogP contribution in [-0.2, 0) is 0 Å². The molecular formula is C12H7BrCl2N2O. The summed E-state index contributed by atoms with van der Waals surface area (Å²) in [6.45, 7) is 0. The lowest BCUT2D eigenvalue weighted by molar-refractivity contribution is 0.102. The largest absolute Gasteiger partial charge is 0.322 e. The number of carbonyl (C=O) groups excluding carboxylic acids is 1. The molecule has 0 saturated carbocycles. The third kappa shape index (κ3) is 3.45. The quantitative estimate of drug-likeness (QED) is 0.819. The zero-order chi connectivity index (χ0) is 13.1. The maximum atomic E-state index is 11.9. The summed E-state index contributed by atoms with van der Waals surface area (Å²) >= 11 is 14.8. The summed E-state index contributed by atoms with van der Waals surface area (Å²) in [5, 5.41) is 3.10. The number of pyridine rings is 1. The van der Waals surface area contributed by atoms with Gasteiger partial charge in [-0.25, -0.2) is 4.98 Å². The Bertz CT molecular complexity index is 567. The van der Waals surface area contributed by atoms with Gasteiger partial charge in [-0.2, -0.15) is 0 Å². The topological polar surface area (TPSA) is 42.0 Å². The molecule has 3 nitrogen and oxygen atoms in total. The molecule has 1 aromatic carbocycles. The molecule has 1 N–H and O–H groups in total. The van der Waals surface area contributed by atoms with Crippen LogP contribution in [-0.4, -0.2) is 10.9 Å². The first-order valence-electron chi connectivity index (χ1n) is 4.94. The van der Waals surface area contributed by atoms with Crippen LogP contribution in [0.2, 0.25) is 10.3 Å². The molecule has 18 heavy (non-hydrogen) atoms. The first kappa shape index (κ1) is 13.3. The van der Waals surface area contributed by atoms with Crippen LogP contribution in [0.15, 0.2) is 40.9 Å². The first-order valence-corrected chi connectivity index (χ1v) is 6.49. The minimum atomic E-state index is -0.288. The van der Waals surface area contributed by atoms with Gasteiger partial charge >= 0.3 is 0 Å². The molecule has 0 spiro atoms. The molecule has 0 aliphatic rings. The molecule has 0 atom stereocenters. The number of rotatable bonds is 2. The molecule has 92 valence electrons. The van der Waals surface area contributed by atoms with Gasteiger partial charge in [0.1, 0.15) is 10.3 Å². The van der Waals surface area contributed by atoms with Gasteiger partial charge in [0.2, 0.25) is 0 Å². The number of benzene rings is 1. The Morgan fingerprint density at radius 1 is 1.11 bits per heavy atom. The lowest BCUT2D eigenvalue weighted by Crippen LogP contribution is -2.12. The van der Waals surface area contributed by atoms with Gasteiger partial charge in [0, 0.05) is 15.7 Å². The van der Waals surface area contributed by atoms with E-state index < -0.39 is 0 Å². The van der Waals surface area contributed by atoms with Crippen molar-refractivity contribution in [1.29, 1.82) is 0 Å². The van der Waals surface area contributed by atoms with Crippen LogP contribution in [0, 0.1) is 0 Å². The van der Waals surface area contributed by atoms with Gasteiger partial charge in [-0.1, -0.05) is 39.1 Å². The van der Waals surface area contributed by atoms with Crippen LogP contribution in [0.4, 0.5) is 5.69 Å². The van der Waals surface area contributed by atoms with Crippen molar-refractivity contribution >= 4 is 50.7 Å². The lowest BCUT2D eigenvalue weighted by atomic mass is 10.2. The Kier molecular flexibility index (Phi) is 4.22. The molecule has 0 saturated heterocycles. The number of anilines is 1. The Morgan fingerprint density at radius 3 is 2.22 bits per heavy atom. The molecule has 0 radical (unpaired) electrons. The maximum Gasteiger partial charge on any atom is 0.255 e. The fourth-order valence-corrected chi connectivity index (χ4v) is 2.06. The predicted molar refractivity (Wildman–Crippen MR) is 76.4 cm³/mol. The molecule has 0 aliphatic carbocycles. The van der Waals surface area contributed by atoms with Crippen LogP contribution < -0.4 is 5.32 Å². The summed E-state index contributed by atoms with van der Waals surface area (Å²) < 4.78 is 0.940. The molecular weight excluding hydrogens is 339 g/mol. The highest BCUT2D eigenvalue weighted by atomic mass is 79.9. The molecule has 1 amide bonds. The molecule has 0 unspecified atom stereocenters.